The first-order chi connectivity index (χ1) is 12.9. The average molecular weight is 390 g/mol. The standard InChI is InChI=1S/C19H22N2O5S/c1-4-14-11(3)16(19(24)25-5-2)18(27-14)21-15(22)10-26-13-8-6-12(7-9-13)17(20)23/h6-9H,4-5,10H2,1-3H3,(H2,20,23)(H,21,22). The Morgan fingerprint density at radius 3 is 2.37 bits per heavy atom. The number of nitrogens with two attached hydrogens (primary N) is 1. The van der Waals surface area contributed by atoms with Crippen LogP contribution in [0.2, 0.25) is 0 Å². The zero-order valence-corrected chi connectivity index (χ0v) is 16.3. The van der Waals surface area contributed by atoms with Crippen molar-refractivity contribution in [1.82, 2.24) is 0 Å². The summed E-state index contributed by atoms with van der Waals surface area (Å²) in [6, 6.07) is 6.15. The third kappa shape index (κ3) is 5.07. The molecule has 0 aliphatic rings. The van der Waals surface area contributed by atoms with Gasteiger partial charge >= 0.3 is 5.97 Å². The molecule has 0 aliphatic carbocycles. The van der Waals surface area contributed by atoms with Gasteiger partial charge in [-0.1, -0.05) is 6.92 Å². The Morgan fingerprint density at radius 1 is 1.15 bits per heavy atom. The van der Waals surface area contributed by atoms with Gasteiger partial charge in [0.1, 0.15) is 10.8 Å². The number of hydrogen-bond acceptors (Lipinski definition) is 6. The smallest absolute Gasteiger partial charge is 0.341 e. The van der Waals surface area contributed by atoms with E-state index < -0.39 is 17.8 Å². The van der Waals surface area contributed by atoms with Gasteiger partial charge in [0.05, 0.1) is 12.2 Å². The molecule has 0 fully saturated rings. The van der Waals surface area contributed by atoms with Crippen LogP contribution in [0.5, 0.6) is 5.75 Å². The summed E-state index contributed by atoms with van der Waals surface area (Å²) >= 11 is 1.36. The van der Waals surface area contributed by atoms with E-state index in [1.54, 1.807) is 19.1 Å². The highest BCUT2D eigenvalue weighted by molar-refractivity contribution is 7.17. The third-order valence-electron chi connectivity index (χ3n) is 3.81. The van der Waals surface area contributed by atoms with Gasteiger partial charge < -0.3 is 20.5 Å². The number of aryl methyl sites for hydroxylation is 1. The van der Waals surface area contributed by atoms with E-state index in [9.17, 15) is 14.4 Å². The van der Waals surface area contributed by atoms with Gasteiger partial charge in [-0.05, 0) is 50.1 Å². The van der Waals surface area contributed by atoms with Crippen LogP contribution in [0.1, 0.15) is 45.0 Å². The van der Waals surface area contributed by atoms with Crippen molar-refractivity contribution in [2.45, 2.75) is 27.2 Å². The van der Waals surface area contributed by atoms with Crippen LogP contribution in [0.15, 0.2) is 24.3 Å². The van der Waals surface area contributed by atoms with E-state index in [1.165, 1.54) is 23.5 Å². The normalized spacial score (nSPS) is 10.3. The molecule has 2 amide bonds. The lowest BCUT2D eigenvalue weighted by molar-refractivity contribution is -0.118. The van der Waals surface area contributed by atoms with Crippen LogP contribution >= 0.6 is 11.3 Å². The van der Waals surface area contributed by atoms with Gasteiger partial charge in [-0.2, -0.15) is 0 Å². The second-order valence-corrected chi connectivity index (χ2v) is 6.76. The fourth-order valence-electron chi connectivity index (χ4n) is 2.46. The number of hydrogen-bond donors (Lipinski definition) is 2. The number of thiophene rings is 1. The number of amides is 2. The number of esters is 1. The molecule has 0 bridgehead atoms. The molecule has 0 saturated heterocycles. The van der Waals surface area contributed by atoms with Crippen LogP contribution in [0.4, 0.5) is 5.00 Å². The van der Waals surface area contributed by atoms with E-state index in [2.05, 4.69) is 5.32 Å². The first-order valence-corrected chi connectivity index (χ1v) is 9.30. The molecule has 0 atom stereocenters. The van der Waals surface area contributed by atoms with Gasteiger partial charge in [-0.15, -0.1) is 11.3 Å². The van der Waals surface area contributed by atoms with E-state index in [4.69, 9.17) is 15.2 Å². The number of carbonyl (C=O) groups excluding carboxylic acids is 3. The Labute approximate surface area is 161 Å². The van der Waals surface area contributed by atoms with Gasteiger partial charge in [-0.3, -0.25) is 9.59 Å². The fourth-order valence-corrected chi connectivity index (χ4v) is 3.61. The molecule has 0 radical (unpaired) electrons. The number of primary amides is 1. The quantitative estimate of drug-likeness (QED) is 0.674. The summed E-state index contributed by atoms with van der Waals surface area (Å²) in [5, 5.41) is 3.18. The van der Waals surface area contributed by atoms with Crippen molar-refractivity contribution in [2.75, 3.05) is 18.5 Å². The van der Waals surface area contributed by atoms with E-state index >= 15 is 0 Å². The van der Waals surface area contributed by atoms with Crippen molar-refractivity contribution in [3.8, 4) is 5.75 Å². The highest BCUT2D eigenvalue weighted by Gasteiger charge is 2.23. The molecule has 144 valence electrons. The van der Waals surface area contributed by atoms with Crippen molar-refractivity contribution in [2.24, 2.45) is 5.73 Å². The maximum absolute atomic E-state index is 12.2. The Bertz CT molecular complexity index is 843. The molecule has 0 unspecified atom stereocenters. The first kappa shape index (κ1) is 20.4. The highest BCUT2D eigenvalue weighted by atomic mass is 32.1. The zero-order chi connectivity index (χ0) is 20.0. The van der Waals surface area contributed by atoms with Crippen molar-refractivity contribution in [3.05, 3.63) is 45.8 Å². The summed E-state index contributed by atoms with van der Waals surface area (Å²) in [6.45, 7) is 5.58. The Kier molecular flexibility index (Phi) is 6.95. The van der Waals surface area contributed by atoms with E-state index in [1.807, 2.05) is 13.8 Å². The Morgan fingerprint density at radius 2 is 1.81 bits per heavy atom. The summed E-state index contributed by atoms with van der Waals surface area (Å²) in [4.78, 5) is 36.5. The summed E-state index contributed by atoms with van der Waals surface area (Å²) in [7, 11) is 0. The molecule has 8 heteroatoms. The average Bonchev–Trinajstić information content (AvgIpc) is 2.95. The van der Waals surface area contributed by atoms with E-state index in [0.717, 1.165) is 16.9 Å². The summed E-state index contributed by atoms with van der Waals surface area (Å²) < 4.78 is 10.5. The fraction of sp³-hybridized carbons (Fsp3) is 0.316. The molecule has 2 aromatic rings. The molecular weight excluding hydrogens is 368 g/mol. The maximum atomic E-state index is 12.2. The number of carbonyl (C=O) groups is 3. The lowest BCUT2D eigenvalue weighted by atomic mass is 10.1. The van der Waals surface area contributed by atoms with E-state index in [0.29, 0.717) is 21.9 Å². The van der Waals surface area contributed by atoms with Crippen LogP contribution in [-0.2, 0) is 16.0 Å². The summed E-state index contributed by atoms with van der Waals surface area (Å²) in [6.07, 6.45) is 0.751. The second kappa shape index (κ2) is 9.18. The molecule has 1 aromatic carbocycles. The topological polar surface area (TPSA) is 108 Å². The molecule has 0 aliphatic heterocycles. The van der Waals surface area contributed by atoms with Gasteiger partial charge in [0.25, 0.3) is 5.91 Å². The van der Waals surface area contributed by atoms with Crippen LogP contribution in [0, 0.1) is 6.92 Å². The predicted molar refractivity (Wildman–Crippen MR) is 103 cm³/mol. The molecule has 27 heavy (non-hydrogen) atoms. The molecule has 0 spiro atoms. The molecule has 2 rings (SSSR count). The number of nitrogens with one attached hydrogen (secondary N) is 1. The zero-order valence-electron chi connectivity index (χ0n) is 15.5. The van der Waals surface area contributed by atoms with E-state index in [-0.39, 0.29) is 13.2 Å². The van der Waals surface area contributed by atoms with Crippen LogP contribution in [-0.4, -0.2) is 31.0 Å². The van der Waals surface area contributed by atoms with Gasteiger partial charge in [0.15, 0.2) is 6.61 Å². The monoisotopic (exact) mass is 390 g/mol. The number of rotatable bonds is 8. The minimum atomic E-state index is -0.536. The third-order valence-corrected chi connectivity index (χ3v) is 5.16. The van der Waals surface area contributed by atoms with Gasteiger partial charge in [0, 0.05) is 10.4 Å². The lowest BCUT2D eigenvalue weighted by Crippen LogP contribution is -2.21. The summed E-state index contributed by atoms with van der Waals surface area (Å²) in [5.74, 6) is -0.962. The van der Waals surface area contributed by atoms with Crippen LogP contribution in [0.3, 0.4) is 0 Å². The first-order valence-electron chi connectivity index (χ1n) is 8.49. The minimum absolute atomic E-state index is 0.239. The van der Waals surface area contributed by atoms with Crippen LogP contribution in [0.25, 0.3) is 0 Å². The van der Waals surface area contributed by atoms with Gasteiger partial charge in [0.2, 0.25) is 5.91 Å². The molecule has 1 aromatic heterocycles. The van der Waals surface area contributed by atoms with Crippen molar-refractivity contribution < 1.29 is 23.9 Å². The second-order valence-electron chi connectivity index (χ2n) is 5.65. The Balaban J connectivity index is 2.06. The molecule has 0 saturated carbocycles. The van der Waals surface area contributed by atoms with Crippen LogP contribution < -0.4 is 15.8 Å². The largest absolute Gasteiger partial charge is 0.484 e. The molecule has 3 N–H and O–H groups in total. The van der Waals surface area contributed by atoms with Crippen molar-refractivity contribution in [1.29, 1.82) is 0 Å². The predicted octanol–water partition coefficient (Wildman–Crippen LogP) is 2.91. The van der Waals surface area contributed by atoms with Crippen molar-refractivity contribution >= 4 is 34.1 Å². The number of anilines is 1. The highest BCUT2D eigenvalue weighted by Crippen LogP contribution is 2.34. The SMILES string of the molecule is CCOC(=O)c1c(NC(=O)COc2ccc(C(N)=O)cc2)sc(CC)c1C. The maximum Gasteiger partial charge on any atom is 0.341 e. The molecular formula is C19H22N2O5S. The number of ether oxygens (including phenoxy) is 2. The van der Waals surface area contributed by atoms with Gasteiger partial charge in [-0.25, -0.2) is 4.79 Å². The molecule has 7 nitrogen and oxygen atoms in total. The lowest BCUT2D eigenvalue weighted by Gasteiger charge is -2.09. The summed E-state index contributed by atoms with van der Waals surface area (Å²) in [5.41, 5.74) is 6.74. The number of benzene rings is 1. The Hall–Kier alpha value is -2.87. The molecule has 1 heterocycles. The van der Waals surface area contributed by atoms with Crippen molar-refractivity contribution in [3.63, 3.8) is 0 Å². The minimum Gasteiger partial charge on any atom is -0.484 e.